The number of hydrogen-bond acceptors (Lipinski definition) is 3. The maximum Gasteiger partial charge on any atom is 0.124 e. The molecule has 0 aliphatic carbocycles. The van der Waals surface area contributed by atoms with Crippen molar-refractivity contribution in [1.82, 2.24) is 10.6 Å². The van der Waals surface area contributed by atoms with Gasteiger partial charge >= 0.3 is 0 Å². The van der Waals surface area contributed by atoms with Crippen LogP contribution >= 0.6 is 24.8 Å². The third kappa shape index (κ3) is 9.13. The van der Waals surface area contributed by atoms with Crippen molar-refractivity contribution in [1.29, 1.82) is 0 Å². The molecule has 0 unspecified atom stereocenters. The number of aryl methyl sites for hydroxylation is 1. The Hall–Kier alpha value is -1.26. The van der Waals surface area contributed by atoms with E-state index in [1.807, 2.05) is 12.1 Å². The first-order valence-corrected chi connectivity index (χ1v) is 8.47. The quantitative estimate of drug-likeness (QED) is 0.591. The number of para-hydroxylation sites is 1. The monoisotopic (exact) mass is 384 g/mol. The highest BCUT2D eigenvalue weighted by molar-refractivity contribution is 5.85. The smallest absolute Gasteiger partial charge is 0.124 e. The molecule has 0 aliphatic rings. The first-order chi connectivity index (χ1) is 11.3. The van der Waals surface area contributed by atoms with Crippen molar-refractivity contribution < 1.29 is 4.74 Å². The summed E-state index contributed by atoms with van der Waals surface area (Å²) in [6.45, 7) is 8.80. The maximum absolute atomic E-state index is 6.01. The molecule has 3 nitrogen and oxygen atoms in total. The zero-order chi connectivity index (χ0) is 16.3. The van der Waals surface area contributed by atoms with Gasteiger partial charge in [-0.15, -0.1) is 24.8 Å². The molecule has 2 rings (SSSR count). The van der Waals surface area contributed by atoms with Crippen LogP contribution in [-0.2, 0) is 13.2 Å². The average Bonchev–Trinajstić information content (AvgIpc) is 2.58. The van der Waals surface area contributed by atoms with E-state index in [1.54, 1.807) is 0 Å². The Morgan fingerprint density at radius 2 is 1.56 bits per heavy atom. The van der Waals surface area contributed by atoms with Crippen LogP contribution in [0, 0.1) is 6.92 Å². The van der Waals surface area contributed by atoms with E-state index in [-0.39, 0.29) is 24.8 Å². The van der Waals surface area contributed by atoms with Crippen molar-refractivity contribution in [3.63, 3.8) is 0 Å². The maximum atomic E-state index is 6.01. The van der Waals surface area contributed by atoms with Gasteiger partial charge in [-0.05, 0) is 44.6 Å². The summed E-state index contributed by atoms with van der Waals surface area (Å²) in [6, 6.07) is 16.7. The third-order valence-corrected chi connectivity index (χ3v) is 3.76. The molecule has 0 atom stereocenters. The molecule has 25 heavy (non-hydrogen) atoms. The van der Waals surface area contributed by atoms with Crippen molar-refractivity contribution in [2.24, 2.45) is 0 Å². The summed E-state index contributed by atoms with van der Waals surface area (Å²) in [5, 5.41) is 6.82. The summed E-state index contributed by atoms with van der Waals surface area (Å²) in [5.74, 6) is 0.965. The SMILES string of the molecule is CCNCCCNCc1ccccc1OCc1ccc(C)cc1.Cl.Cl. The fourth-order valence-electron chi connectivity index (χ4n) is 2.37. The van der Waals surface area contributed by atoms with E-state index in [4.69, 9.17) is 4.74 Å². The zero-order valence-corrected chi connectivity index (χ0v) is 16.7. The molecule has 2 aromatic carbocycles. The molecule has 140 valence electrons. The Morgan fingerprint density at radius 1 is 0.880 bits per heavy atom. The van der Waals surface area contributed by atoms with E-state index >= 15 is 0 Å². The summed E-state index contributed by atoms with van der Waals surface area (Å²) >= 11 is 0. The molecule has 2 aromatic rings. The summed E-state index contributed by atoms with van der Waals surface area (Å²) in [6.07, 6.45) is 1.14. The van der Waals surface area contributed by atoms with Crippen LogP contribution < -0.4 is 15.4 Å². The summed E-state index contributed by atoms with van der Waals surface area (Å²) < 4.78 is 6.01. The van der Waals surface area contributed by atoms with E-state index in [2.05, 4.69) is 60.9 Å². The van der Waals surface area contributed by atoms with Crippen molar-refractivity contribution in [3.8, 4) is 5.75 Å². The van der Waals surface area contributed by atoms with Crippen molar-refractivity contribution in [2.75, 3.05) is 19.6 Å². The second-order valence-electron chi connectivity index (χ2n) is 5.77. The van der Waals surface area contributed by atoms with Crippen LogP contribution in [0.4, 0.5) is 0 Å². The highest BCUT2D eigenvalue weighted by atomic mass is 35.5. The zero-order valence-electron chi connectivity index (χ0n) is 15.1. The van der Waals surface area contributed by atoms with Crippen LogP contribution in [0.15, 0.2) is 48.5 Å². The van der Waals surface area contributed by atoms with E-state index in [0.717, 1.165) is 38.3 Å². The number of nitrogens with one attached hydrogen (secondary N) is 2. The highest BCUT2D eigenvalue weighted by Gasteiger charge is 2.03. The lowest BCUT2D eigenvalue weighted by Gasteiger charge is -2.12. The molecule has 5 heteroatoms. The van der Waals surface area contributed by atoms with E-state index in [0.29, 0.717) is 6.61 Å². The van der Waals surface area contributed by atoms with Gasteiger partial charge in [-0.25, -0.2) is 0 Å². The van der Waals surface area contributed by atoms with E-state index in [1.165, 1.54) is 16.7 Å². The van der Waals surface area contributed by atoms with Gasteiger partial charge in [0.05, 0.1) is 0 Å². The van der Waals surface area contributed by atoms with Crippen molar-refractivity contribution in [2.45, 2.75) is 33.4 Å². The van der Waals surface area contributed by atoms with E-state index in [9.17, 15) is 0 Å². The molecular formula is C20H30Cl2N2O. The Balaban J connectivity index is 0.00000288. The van der Waals surface area contributed by atoms with Gasteiger partial charge in [-0.1, -0.05) is 55.0 Å². The topological polar surface area (TPSA) is 33.3 Å². The number of benzene rings is 2. The molecule has 2 N–H and O–H groups in total. The van der Waals surface area contributed by atoms with Crippen LogP contribution in [0.25, 0.3) is 0 Å². The Morgan fingerprint density at radius 3 is 2.28 bits per heavy atom. The number of rotatable bonds is 10. The van der Waals surface area contributed by atoms with Crippen LogP contribution in [0.5, 0.6) is 5.75 Å². The van der Waals surface area contributed by atoms with Gasteiger partial charge in [0.1, 0.15) is 12.4 Å². The van der Waals surface area contributed by atoms with Gasteiger partial charge in [0.2, 0.25) is 0 Å². The summed E-state index contributed by atoms with van der Waals surface area (Å²) in [7, 11) is 0. The molecule has 0 bridgehead atoms. The Kier molecular flexibility index (Phi) is 13.3. The molecule has 0 radical (unpaired) electrons. The average molecular weight is 385 g/mol. The number of ether oxygens (including phenoxy) is 1. The number of halogens is 2. The minimum absolute atomic E-state index is 0. The van der Waals surface area contributed by atoms with Gasteiger partial charge < -0.3 is 15.4 Å². The van der Waals surface area contributed by atoms with Gasteiger partial charge in [0, 0.05) is 12.1 Å². The molecule has 0 saturated carbocycles. The fraction of sp³-hybridized carbons (Fsp3) is 0.400. The predicted octanol–water partition coefficient (Wildman–Crippen LogP) is 4.51. The van der Waals surface area contributed by atoms with E-state index < -0.39 is 0 Å². The molecule has 0 aliphatic heterocycles. The minimum Gasteiger partial charge on any atom is -0.489 e. The molecule has 0 heterocycles. The first-order valence-electron chi connectivity index (χ1n) is 8.47. The normalized spacial score (nSPS) is 9.84. The lowest BCUT2D eigenvalue weighted by atomic mass is 10.1. The second kappa shape index (κ2) is 14.0. The first kappa shape index (κ1) is 23.7. The fourth-order valence-corrected chi connectivity index (χ4v) is 2.37. The lowest BCUT2D eigenvalue weighted by Crippen LogP contribution is -2.21. The summed E-state index contributed by atoms with van der Waals surface area (Å²) in [5.41, 5.74) is 3.68. The van der Waals surface area contributed by atoms with Crippen LogP contribution in [0.2, 0.25) is 0 Å². The van der Waals surface area contributed by atoms with Gasteiger partial charge in [-0.2, -0.15) is 0 Å². The predicted molar refractivity (Wildman–Crippen MR) is 111 cm³/mol. The van der Waals surface area contributed by atoms with Crippen LogP contribution in [0.1, 0.15) is 30.0 Å². The summed E-state index contributed by atoms with van der Waals surface area (Å²) in [4.78, 5) is 0. The molecular weight excluding hydrogens is 355 g/mol. The standard InChI is InChI=1S/C20H28N2O.2ClH/c1-3-21-13-6-14-22-15-19-7-4-5-8-20(19)23-16-18-11-9-17(2)10-12-18;;/h4-5,7-12,21-22H,3,6,13-16H2,1-2H3;2*1H. The Bertz CT molecular complexity index is 576. The lowest BCUT2D eigenvalue weighted by molar-refractivity contribution is 0.302. The largest absolute Gasteiger partial charge is 0.489 e. The molecule has 0 amide bonds. The van der Waals surface area contributed by atoms with Crippen LogP contribution in [0.3, 0.4) is 0 Å². The molecule has 0 fully saturated rings. The van der Waals surface area contributed by atoms with Crippen molar-refractivity contribution >= 4 is 24.8 Å². The minimum atomic E-state index is 0. The van der Waals surface area contributed by atoms with Gasteiger partial charge in [0.25, 0.3) is 0 Å². The molecule has 0 spiro atoms. The van der Waals surface area contributed by atoms with Crippen LogP contribution in [-0.4, -0.2) is 19.6 Å². The molecule has 0 saturated heterocycles. The van der Waals surface area contributed by atoms with Gasteiger partial charge in [0.15, 0.2) is 0 Å². The number of hydrogen-bond donors (Lipinski definition) is 2. The Labute approximate surface area is 164 Å². The second-order valence-corrected chi connectivity index (χ2v) is 5.77. The molecule has 0 aromatic heterocycles. The third-order valence-electron chi connectivity index (χ3n) is 3.76. The van der Waals surface area contributed by atoms with Gasteiger partial charge in [-0.3, -0.25) is 0 Å². The highest BCUT2D eigenvalue weighted by Crippen LogP contribution is 2.19. The van der Waals surface area contributed by atoms with Crippen molar-refractivity contribution in [3.05, 3.63) is 65.2 Å².